The number of H-pyrrole nitrogens is 1. The molecule has 0 saturated carbocycles. The lowest BCUT2D eigenvalue weighted by Gasteiger charge is -2.30. The molecule has 8 heteroatoms. The zero-order valence-electron chi connectivity index (χ0n) is 17.4. The number of rotatable bonds is 3. The number of nitrogens with one attached hydrogen (secondary N) is 1. The van der Waals surface area contributed by atoms with Crippen molar-refractivity contribution in [1.29, 1.82) is 0 Å². The van der Waals surface area contributed by atoms with E-state index in [1.807, 2.05) is 16.7 Å². The van der Waals surface area contributed by atoms with Gasteiger partial charge in [0.2, 0.25) is 0 Å². The highest BCUT2D eigenvalue weighted by molar-refractivity contribution is 6.04. The van der Waals surface area contributed by atoms with Gasteiger partial charge in [0, 0.05) is 37.4 Å². The zero-order chi connectivity index (χ0) is 21.5. The maximum absolute atomic E-state index is 13.3. The number of aromatic hydroxyl groups is 1. The Kier molecular flexibility index (Phi) is 4.84. The van der Waals surface area contributed by atoms with Crippen LogP contribution in [-0.4, -0.2) is 67.3 Å². The Balaban J connectivity index is 1.33. The summed E-state index contributed by atoms with van der Waals surface area (Å²) < 4.78 is 0. The third-order valence-corrected chi connectivity index (χ3v) is 6.63. The summed E-state index contributed by atoms with van der Waals surface area (Å²) in [7, 11) is 0. The van der Waals surface area contributed by atoms with Crippen molar-refractivity contribution in [3.05, 3.63) is 53.6 Å². The first kappa shape index (κ1) is 19.5. The number of amides is 2. The standard InChI is InChI=1S/C23H25N5O3/c1-14-4-5-16(29)9-17(14)23(31)28-7-2-3-20(28)15-6-8-27(12-15)22(30)18-10-24-11-19-21(18)26-13-25-19/h4-5,9-11,13,15,20,29H,2-3,6-8,12H2,1H3,(H,25,26). The fourth-order valence-corrected chi connectivity index (χ4v) is 5.01. The van der Waals surface area contributed by atoms with E-state index >= 15 is 0 Å². The number of aromatic amines is 1. The van der Waals surface area contributed by atoms with Gasteiger partial charge < -0.3 is 19.9 Å². The first-order valence-electron chi connectivity index (χ1n) is 10.7. The molecule has 4 heterocycles. The largest absolute Gasteiger partial charge is 0.508 e. The fourth-order valence-electron chi connectivity index (χ4n) is 5.01. The van der Waals surface area contributed by atoms with Gasteiger partial charge in [-0.1, -0.05) is 6.07 Å². The van der Waals surface area contributed by atoms with Crippen LogP contribution in [0.3, 0.4) is 0 Å². The first-order chi connectivity index (χ1) is 15.0. The van der Waals surface area contributed by atoms with Gasteiger partial charge >= 0.3 is 0 Å². The lowest BCUT2D eigenvalue weighted by molar-refractivity contribution is 0.0680. The van der Waals surface area contributed by atoms with Crippen LogP contribution in [0.5, 0.6) is 5.75 Å². The summed E-state index contributed by atoms with van der Waals surface area (Å²) in [5, 5.41) is 9.84. The van der Waals surface area contributed by atoms with E-state index in [2.05, 4.69) is 15.0 Å². The van der Waals surface area contributed by atoms with Crippen molar-refractivity contribution in [3.63, 3.8) is 0 Å². The summed E-state index contributed by atoms with van der Waals surface area (Å²) >= 11 is 0. The minimum absolute atomic E-state index is 0.0360. The van der Waals surface area contributed by atoms with Crippen LogP contribution in [0, 0.1) is 12.8 Å². The van der Waals surface area contributed by atoms with Crippen molar-refractivity contribution >= 4 is 22.8 Å². The second kappa shape index (κ2) is 7.68. The summed E-state index contributed by atoms with van der Waals surface area (Å²) in [6.45, 7) is 3.87. The molecule has 2 saturated heterocycles. The van der Waals surface area contributed by atoms with E-state index in [1.165, 1.54) is 0 Å². The van der Waals surface area contributed by atoms with Crippen molar-refractivity contribution in [2.45, 2.75) is 32.2 Å². The van der Waals surface area contributed by atoms with Gasteiger partial charge in [0.25, 0.3) is 11.8 Å². The Morgan fingerprint density at radius 1 is 1.13 bits per heavy atom. The van der Waals surface area contributed by atoms with E-state index in [9.17, 15) is 14.7 Å². The topological polar surface area (TPSA) is 102 Å². The number of nitrogens with zero attached hydrogens (tertiary/aromatic N) is 4. The Morgan fingerprint density at radius 2 is 2.00 bits per heavy atom. The number of fused-ring (bicyclic) bond motifs is 1. The van der Waals surface area contributed by atoms with Gasteiger partial charge in [-0.3, -0.25) is 14.6 Å². The number of hydrogen-bond acceptors (Lipinski definition) is 5. The van der Waals surface area contributed by atoms with Gasteiger partial charge in [0.05, 0.1) is 23.6 Å². The summed E-state index contributed by atoms with van der Waals surface area (Å²) in [6, 6.07) is 5.02. The summed E-state index contributed by atoms with van der Waals surface area (Å²) in [6.07, 6.45) is 7.57. The molecule has 0 aliphatic carbocycles. The van der Waals surface area contributed by atoms with Crippen molar-refractivity contribution < 1.29 is 14.7 Å². The van der Waals surface area contributed by atoms with E-state index in [4.69, 9.17) is 0 Å². The van der Waals surface area contributed by atoms with E-state index in [0.717, 1.165) is 30.3 Å². The molecule has 2 aliphatic heterocycles. The highest BCUT2D eigenvalue weighted by atomic mass is 16.3. The van der Waals surface area contributed by atoms with Gasteiger partial charge in [-0.25, -0.2) is 4.98 Å². The zero-order valence-corrected chi connectivity index (χ0v) is 17.4. The molecule has 8 nitrogen and oxygen atoms in total. The number of imidazole rings is 1. The molecule has 2 aliphatic rings. The molecule has 2 N–H and O–H groups in total. The van der Waals surface area contributed by atoms with Crippen molar-refractivity contribution in [3.8, 4) is 5.75 Å². The third-order valence-electron chi connectivity index (χ3n) is 6.63. The Labute approximate surface area is 179 Å². The number of carbonyl (C=O) groups excluding carboxylic acids is 2. The second-order valence-corrected chi connectivity index (χ2v) is 8.49. The molecule has 0 spiro atoms. The molecule has 2 aromatic heterocycles. The lowest BCUT2D eigenvalue weighted by Crippen LogP contribution is -2.41. The molecule has 1 aromatic carbocycles. The number of benzene rings is 1. The maximum Gasteiger partial charge on any atom is 0.257 e. The second-order valence-electron chi connectivity index (χ2n) is 8.49. The van der Waals surface area contributed by atoms with Crippen molar-refractivity contribution in [2.75, 3.05) is 19.6 Å². The average molecular weight is 419 g/mol. The normalized spacial score (nSPS) is 21.2. The van der Waals surface area contributed by atoms with E-state index in [-0.39, 0.29) is 29.5 Å². The van der Waals surface area contributed by atoms with E-state index in [1.54, 1.807) is 36.9 Å². The molecule has 0 bridgehead atoms. The molecule has 2 fully saturated rings. The maximum atomic E-state index is 13.3. The highest BCUT2D eigenvalue weighted by Crippen LogP contribution is 2.33. The van der Waals surface area contributed by atoms with Crippen LogP contribution in [0.1, 0.15) is 45.5 Å². The highest BCUT2D eigenvalue weighted by Gasteiger charge is 2.40. The van der Waals surface area contributed by atoms with Crippen LogP contribution in [0.15, 0.2) is 36.9 Å². The molecule has 2 amide bonds. The minimum Gasteiger partial charge on any atom is -0.508 e. The van der Waals surface area contributed by atoms with Gasteiger partial charge in [-0.2, -0.15) is 0 Å². The molecule has 31 heavy (non-hydrogen) atoms. The summed E-state index contributed by atoms with van der Waals surface area (Å²) in [4.78, 5) is 41.7. The number of phenolic OH excluding ortho intramolecular Hbond substituents is 1. The molecule has 3 aromatic rings. The van der Waals surface area contributed by atoms with Gasteiger partial charge in [-0.05, 0) is 49.8 Å². The van der Waals surface area contributed by atoms with E-state index < -0.39 is 0 Å². The van der Waals surface area contributed by atoms with Crippen molar-refractivity contribution in [2.24, 2.45) is 5.92 Å². The predicted molar refractivity (Wildman–Crippen MR) is 115 cm³/mol. The molecule has 0 radical (unpaired) electrons. The molecular formula is C23H25N5O3. The predicted octanol–water partition coefficient (Wildman–Crippen LogP) is 2.74. The number of carbonyl (C=O) groups is 2. The van der Waals surface area contributed by atoms with Gasteiger partial charge in [0.15, 0.2) is 0 Å². The molecular weight excluding hydrogens is 394 g/mol. The Bertz CT molecular complexity index is 1160. The number of pyridine rings is 1. The SMILES string of the molecule is Cc1ccc(O)cc1C(=O)N1CCCC1C1CCN(C(=O)c2cncc3[nH]cnc23)C1. The minimum atomic E-state index is -0.0626. The molecule has 2 atom stereocenters. The number of hydrogen-bond donors (Lipinski definition) is 2. The average Bonchev–Trinajstić information content (AvgIpc) is 3.53. The van der Waals surface area contributed by atoms with Crippen LogP contribution in [-0.2, 0) is 0 Å². The van der Waals surface area contributed by atoms with Crippen molar-refractivity contribution in [1.82, 2.24) is 24.8 Å². The van der Waals surface area contributed by atoms with Crippen LogP contribution < -0.4 is 0 Å². The Morgan fingerprint density at radius 3 is 2.87 bits per heavy atom. The molecule has 2 unspecified atom stereocenters. The number of phenols is 1. The third kappa shape index (κ3) is 3.41. The smallest absolute Gasteiger partial charge is 0.257 e. The van der Waals surface area contributed by atoms with Crippen LogP contribution >= 0.6 is 0 Å². The van der Waals surface area contributed by atoms with Crippen LogP contribution in [0.25, 0.3) is 11.0 Å². The summed E-state index contributed by atoms with van der Waals surface area (Å²) in [5.41, 5.74) is 3.30. The lowest BCUT2D eigenvalue weighted by atomic mass is 9.96. The summed E-state index contributed by atoms with van der Waals surface area (Å²) in [5.74, 6) is 0.237. The molecule has 160 valence electrons. The van der Waals surface area contributed by atoms with Gasteiger partial charge in [0.1, 0.15) is 11.3 Å². The number of aromatic nitrogens is 3. The van der Waals surface area contributed by atoms with Crippen LogP contribution in [0.2, 0.25) is 0 Å². The van der Waals surface area contributed by atoms with Gasteiger partial charge in [-0.15, -0.1) is 0 Å². The molecule has 5 rings (SSSR count). The van der Waals surface area contributed by atoms with Crippen LogP contribution in [0.4, 0.5) is 0 Å². The first-order valence-corrected chi connectivity index (χ1v) is 10.7. The number of likely N-dealkylation sites (tertiary alicyclic amines) is 2. The Hall–Kier alpha value is -3.42. The number of aryl methyl sites for hydroxylation is 1. The quantitative estimate of drug-likeness (QED) is 0.680. The fraction of sp³-hybridized carbons (Fsp3) is 0.391. The van der Waals surface area contributed by atoms with E-state index in [0.29, 0.717) is 36.3 Å². The monoisotopic (exact) mass is 419 g/mol.